The van der Waals surface area contributed by atoms with Gasteiger partial charge in [-0.15, -0.1) is 0 Å². The summed E-state index contributed by atoms with van der Waals surface area (Å²) in [5.41, 5.74) is 1.53. The Kier molecular flexibility index (Phi) is 5.55. The number of ether oxygens (including phenoxy) is 2. The van der Waals surface area contributed by atoms with Crippen LogP contribution in [0.15, 0.2) is 48.2 Å². The van der Waals surface area contributed by atoms with Gasteiger partial charge in [-0.25, -0.2) is 0 Å². The molecular formula is C19H17ClN2O4. The lowest BCUT2D eigenvalue weighted by Gasteiger charge is -2.20. The Hall–Kier alpha value is -2.83. The molecule has 1 aliphatic rings. The Labute approximate surface area is 155 Å². The first kappa shape index (κ1) is 18.0. The zero-order chi connectivity index (χ0) is 18.5. The van der Waals surface area contributed by atoms with Gasteiger partial charge in [-0.2, -0.15) is 0 Å². The summed E-state index contributed by atoms with van der Waals surface area (Å²) in [4.78, 5) is 24.4. The van der Waals surface area contributed by atoms with Crippen molar-refractivity contribution in [2.45, 2.75) is 0 Å². The predicted molar refractivity (Wildman–Crippen MR) is 99.3 cm³/mol. The summed E-state index contributed by atoms with van der Waals surface area (Å²) in [5, 5.41) is 5.97. The van der Waals surface area contributed by atoms with E-state index in [-0.39, 0.29) is 11.7 Å². The molecule has 1 aliphatic heterocycles. The molecule has 2 N–H and O–H groups in total. The third kappa shape index (κ3) is 4.04. The number of nitrogens with one attached hydrogen (secondary N) is 2. The van der Waals surface area contributed by atoms with Crippen molar-refractivity contribution in [1.29, 1.82) is 0 Å². The molecule has 3 rings (SSSR count). The van der Waals surface area contributed by atoms with E-state index in [9.17, 15) is 9.59 Å². The number of methoxy groups -OCH3 is 1. The number of amides is 2. The van der Waals surface area contributed by atoms with Crippen LogP contribution in [-0.4, -0.2) is 32.1 Å². The number of halogens is 1. The number of benzene rings is 2. The van der Waals surface area contributed by atoms with Crippen LogP contribution in [0.25, 0.3) is 6.08 Å². The molecule has 26 heavy (non-hydrogen) atoms. The highest BCUT2D eigenvalue weighted by atomic mass is 35.5. The topological polar surface area (TPSA) is 76.7 Å². The molecule has 1 heterocycles. The summed E-state index contributed by atoms with van der Waals surface area (Å²) in [6.07, 6.45) is 1.58. The van der Waals surface area contributed by atoms with Crippen LogP contribution >= 0.6 is 11.6 Å². The summed E-state index contributed by atoms with van der Waals surface area (Å²) in [5.74, 6) is -0.0786. The normalized spacial score (nSPS) is 14.4. The lowest BCUT2D eigenvalue weighted by atomic mass is 10.1. The van der Waals surface area contributed by atoms with E-state index in [4.69, 9.17) is 21.1 Å². The quantitative estimate of drug-likeness (QED) is 0.624. The third-order valence-corrected chi connectivity index (χ3v) is 4.06. The molecule has 0 unspecified atom stereocenters. The molecule has 0 fully saturated rings. The van der Waals surface area contributed by atoms with E-state index in [1.165, 1.54) is 0 Å². The van der Waals surface area contributed by atoms with Crippen molar-refractivity contribution < 1.29 is 19.1 Å². The lowest BCUT2D eigenvalue weighted by molar-refractivity contribution is -0.115. The monoisotopic (exact) mass is 372 g/mol. The van der Waals surface area contributed by atoms with Crippen LogP contribution < -0.4 is 15.4 Å². The van der Waals surface area contributed by atoms with Crippen LogP contribution in [-0.2, 0) is 9.53 Å². The number of hydrogen-bond donors (Lipinski definition) is 2. The van der Waals surface area contributed by atoms with Crippen LogP contribution in [0.2, 0.25) is 5.02 Å². The molecule has 0 aliphatic carbocycles. The van der Waals surface area contributed by atoms with Gasteiger partial charge in [0.25, 0.3) is 11.8 Å². The summed E-state index contributed by atoms with van der Waals surface area (Å²) in [6.45, 7) is 0.826. The molecule has 2 aromatic rings. The smallest absolute Gasteiger partial charge is 0.291 e. The molecule has 0 saturated carbocycles. The molecule has 0 spiro atoms. The molecule has 7 heteroatoms. The molecule has 0 bridgehead atoms. The molecule has 2 amide bonds. The Bertz CT molecular complexity index is 880. The van der Waals surface area contributed by atoms with Crippen molar-refractivity contribution in [2.75, 3.05) is 25.6 Å². The van der Waals surface area contributed by atoms with E-state index < -0.39 is 5.91 Å². The standard InChI is InChI=1S/C19H17ClN2O4/c1-25-9-8-21-18(23)13-6-7-16-15(10-13)22-19(24)17(26-16)11-12-4-2-3-5-14(12)20/h2-7,10-11H,8-9H2,1H3,(H,21,23)(H,22,24). The molecule has 0 saturated heterocycles. The Balaban J connectivity index is 1.80. The van der Waals surface area contributed by atoms with Crippen molar-refractivity contribution in [3.05, 3.63) is 64.4 Å². The first-order chi connectivity index (χ1) is 12.6. The van der Waals surface area contributed by atoms with E-state index in [2.05, 4.69) is 10.6 Å². The van der Waals surface area contributed by atoms with Crippen molar-refractivity contribution in [3.63, 3.8) is 0 Å². The molecule has 0 radical (unpaired) electrons. The van der Waals surface area contributed by atoms with Crippen LogP contribution in [0.1, 0.15) is 15.9 Å². The second-order valence-corrected chi connectivity index (χ2v) is 5.95. The second-order valence-electron chi connectivity index (χ2n) is 5.55. The lowest BCUT2D eigenvalue weighted by Crippen LogP contribution is -2.28. The fourth-order valence-corrected chi connectivity index (χ4v) is 2.59. The van der Waals surface area contributed by atoms with Crippen molar-refractivity contribution >= 4 is 35.2 Å². The Morgan fingerprint density at radius 1 is 1.31 bits per heavy atom. The zero-order valence-corrected chi connectivity index (χ0v) is 14.8. The molecule has 6 nitrogen and oxygen atoms in total. The molecule has 2 aromatic carbocycles. The number of hydrogen-bond acceptors (Lipinski definition) is 4. The summed E-state index contributed by atoms with van der Waals surface area (Å²) in [7, 11) is 1.56. The number of anilines is 1. The van der Waals surface area contributed by atoms with Gasteiger partial charge in [0.05, 0.1) is 12.3 Å². The van der Waals surface area contributed by atoms with Crippen LogP contribution in [0.4, 0.5) is 5.69 Å². The van der Waals surface area contributed by atoms with Crippen molar-refractivity contribution in [3.8, 4) is 5.75 Å². The zero-order valence-electron chi connectivity index (χ0n) is 14.0. The van der Waals surface area contributed by atoms with E-state index in [0.717, 1.165) is 0 Å². The van der Waals surface area contributed by atoms with Gasteiger partial charge in [0, 0.05) is 24.2 Å². The van der Waals surface area contributed by atoms with Crippen LogP contribution in [0, 0.1) is 0 Å². The molecule has 0 aromatic heterocycles. The SMILES string of the molecule is COCCNC(=O)c1ccc2c(c1)NC(=O)C(=Cc1ccccc1Cl)O2. The minimum absolute atomic E-state index is 0.128. The largest absolute Gasteiger partial charge is 0.449 e. The second kappa shape index (κ2) is 8.03. The van der Waals surface area contributed by atoms with Crippen molar-refractivity contribution in [1.82, 2.24) is 5.32 Å². The first-order valence-corrected chi connectivity index (χ1v) is 8.33. The van der Waals surface area contributed by atoms with Crippen molar-refractivity contribution in [2.24, 2.45) is 0 Å². The number of carbonyl (C=O) groups is 2. The van der Waals surface area contributed by atoms with Gasteiger partial charge in [-0.1, -0.05) is 29.8 Å². The van der Waals surface area contributed by atoms with E-state index >= 15 is 0 Å². The van der Waals surface area contributed by atoms with Gasteiger partial charge in [0.15, 0.2) is 11.5 Å². The summed E-state index contributed by atoms with van der Waals surface area (Å²) in [6, 6.07) is 12.0. The van der Waals surface area contributed by atoms with Gasteiger partial charge in [-0.05, 0) is 35.9 Å². The van der Waals surface area contributed by atoms with E-state index in [1.807, 2.05) is 6.07 Å². The Morgan fingerprint density at radius 3 is 2.88 bits per heavy atom. The predicted octanol–water partition coefficient (Wildman–Crippen LogP) is 3.09. The maximum absolute atomic E-state index is 12.3. The molecule has 134 valence electrons. The number of rotatable bonds is 5. The fourth-order valence-electron chi connectivity index (χ4n) is 2.40. The highest BCUT2D eigenvalue weighted by molar-refractivity contribution is 6.32. The summed E-state index contributed by atoms with van der Waals surface area (Å²) < 4.78 is 10.6. The van der Waals surface area contributed by atoms with Gasteiger partial charge >= 0.3 is 0 Å². The van der Waals surface area contributed by atoms with Crippen LogP contribution in [0.3, 0.4) is 0 Å². The highest BCUT2D eigenvalue weighted by Crippen LogP contribution is 2.32. The molecule has 0 atom stereocenters. The van der Waals surface area contributed by atoms with Crippen LogP contribution in [0.5, 0.6) is 5.75 Å². The molecular weight excluding hydrogens is 356 g/mol. The Morgan fingerprint density at radius 2 is 2.12 bits per heavy atom. The van der Waals surface area contributed by atoms with Gasteiger partial charge in [0.2, 0.25) is 0 Å². The van der Waals surface area contributed by atoms with E-state index in [0.29, 0.717) is 40.7 Å². The van der Waals surface area contributed by atoms with Gasteiger partial charge in [0.1, 0.15) is 0 Å². The minimum atomic E-state index is -0.408. The maximum atomic E-state index is 12.3. The maximum Gasteiger partial charge on any atom is 0.291 e. The van der Waals surface area contributed by atoms with E-state index in [1.54, 1.807) is 49.6 Å². The highest BCUT2D eigenvalue weighted by Gasteiger charge is 2.23. The summed E-state index contributed by atoms with van der Waals surface area (Å²) >= 11 is 6.11. The number of fused-ring (bicyclic) bond motifs is 1. The number of carbonyl (C=O) groups excluding carboxylic acids is 2. The van der Waals surface area contributed by atoms with Gasteiger partial charge in [-0.3, -0.25) is 9.59 Å². The minimum Gasteiger partial charge on any atom is -0.449 e. The average Bonchev–Trinajstić information content (AvgIpc) is 2.64. The van der Waals surface area contributed by atoms with Gasteiger partial charge < -0.3 is 20.1 Å². The third-order valence-electron chi connectivity index (χ3n) is 3.72. The first-order valence-electron chi connectivity index (χ1n) is 7.95. The average molecular weight is 373 g/mol. The fraction of sp³-hybridized carbons (Fsp3) is 0.158.